The second-order valence-corrected chi connectivity index (χ2v) is 7.13. The number of pyridine rings is 1. The van der Waals surface area contributed by atoms with Crippen molar-refractivity contribution in [3.8, 4) is 5.75 Å². The maximum atomic E-state index is 13.4. The first-order valence-corrected chi connectivity index (χ1v) is 10.2. The summed E-state index contributed by atoms with van der Waals surface area (Å²) in [6, 6.07) is 17.8. The zero-order valence-electron chi connectivity index (χ0n) is 17.7. The van der Waals surface area contributed by atoms with E-state index in [1.54, 1.807) is 48.7 Å². The highest BCUT2D eigenvalue weighted by atomic mass is 16.6. The fourth-order valence-corrected chi connectivity index (χ4v) is 3.49. The molecule has 1 aliphatic heterocycles. The molecular weight excluding hydrogens is 424 g/mol. The molecule has 0 unspecified atom stereocenters. The summed E-state index contributed by atoms with van der Waals surface area (Å²) in [6.45, 7) is 2.26. The van der Waals surface area contributed by atoms with Crippen LogP contribution in [0.1, 0.15) is 18.2 Å². The van der Waals surface area contributed by atoms with Crippen LogP contribution in [0.3, 0.4) is 0 Å². The van der Waals surface area contributed by atoms with E-state index in [1.165, 1.54) is 24.3 Å². The van der Waals surface area contributed by atoms with Gasteiger partial charge in [-0.25, -0.2) is 0 Å². The summed E-state index contributed by atoms with van der Waals surface area (Å²) in [5.41, 5.74) is 1.54. The highest BCUT2D eigenvalue weighted by Gasteiger charge is 2.39. The molecule has 0 bridgehead atoms. The molecule has 1 N–H and O–H groups in total. The van der Waals surface area contributed by atoms with Gasteiger partial charge < -0.3 is 10.1 Å². The quantitative estimate of drug-likeness (QED) is 0.319. The van der Waals surface area contributed by atoms with E-state index >= 15 is 0 Å². The van der Waals surface area contributed by atoms with Crippen LogP contribution >= 0.6 is 0 Å². The maximum absolute atomic E-state index is 13.4. The Balaban J connectivity index is 1.76. The van der Waals surface area contributed by atoms with E-state index in [9.17, 15) is 19.7 Å². The third-order valence-electron chi connectivity index (χ3n) is 5.03. The van der Waals surface area contributed by atoms with E-state index in [4.69, 9.17) is 4.74 Å². The molecule has 2 amide bonds. The van der Waals surface area contributed by atoms with Crippen LogP contribution in [-0.2, 0) is 16.1 Å². The fraction of sp³-hybridized carbons (Fsp3) is 0.125. The van der Waals surface area contributed by atoms with Crippen LogP contribution in [0.25, 0.3) is 5.57 Å². The number of nitrogens with one attached hydrogen (secondary N) is 1. The monoisotopic (exact) mass is 444 g/mol. The van der Waals surface area contributed by atoms with Gasteiger partial charge in [0.25, 0.3) is 17.5 Å². The molecule has 2 aromatic carbocycles. The van der Waals surface area contributed by atoms with Crippen molar-refractivity contribution in [3.63, 3.8) is 0 Å². The molecule has 2 heterocycles. The molecule has 4 rings (SSSR count). The Kier molecular flexibility index (Phi) is 6.12. The van der Waals surface area contributed by atoms with Crippen LogP contribution in [0.2, 0.25) is 0 Å². The number of aromatic nitrogens is 1. The standard InChI is InChI=1S/C24H20N4O5/c1-2-33-20-9-4-3-8-19(20)26-22-21(16-10-12-18(13-11-16)28(31)32)23(29)27(24(22)30)15-17-7-5-6-14-25-17/h3-14,26H,2,15H2,1H3. The summed E-state index contributed by atoms with van der Waals surface area (Å²) < 4.78 is 5.64. The van der Waals surface area contributed by atoms with E-state index in [0.29, 0.717) is 29.3 Å². The third kappa shape index (κ3) is 4.42. The van der Waals surface area contributed by atoms with Crippen molar-refractivity contribution in [2.24, 2.45) is 0 Å². The summed E-state index contributed by atoms with van der Waals surface area (Å²) in [6.07, 6.45) is 1.59. The topological polar surface area (TPSA) is 115 Å². The number of anilines is 1. The Morgan fingerprint density at radius 3 is 2.39 bits per heavy atom. The Bertz CT molecular complexity index is 1240. The predicted molar refractivity (Wildman–Crippen MR) is 121 cm³/mol. The van der Waals surface area contributed by atoms with E-state index in [1.807, 2.05) is 6.92 Å². The Labute approximate surface area is 189 Å². The summed E-state index contributed by atoms with van der Waals surface area (Å²) in [4.78, 5) is 42.6. The number of nitrogens with zero attached hydrogens (tertiary/aromatic N) is 3. The molecule has 0 atom stereocenters. The van der Waals surface area contributed by atoms with Crippen LogP contribution in [0.5, 0.6) is 5.75 Å². The lowest BCUT2D eigenvalue weighted by molar-refractivity contribution is -0.384. The number of carbonyl (C=O) groups is 2. The van der Waals surface area contributed by atoms with Crippen molar-refractivity contribution in [1.82, 2.24) is 9.88 Å². The first kappa shape index (κ1) is 21.7. The summed E-state index contributed by atoms with van der Waals surface area (Å²) in [5.74, 6) is -0.514. The molecule has 0 spiro atoms. The molecule has 3 aromatic rings. The number of non-ortho nitro benzene ring substituents is 1. The van der Waals surface area contributed by atoms with Crippen molar-refractivity contribution in [1.29, 1.82) is 0 Å². The Morgan fingerprint density at radius 1 is 1.00 bits per heavy atom. The van der Waals surface area contributed by atoms with Gasteiger partial charge in [0, 0.05) is 18.3 Å². The number of carbonyl (C=O) groups excluding carboxylic acids is 2. The molecule has 0 aliphatic carbocycles. The highest BCUT2D eigenvalue weighted by Crippen LogP contribution is 2.34. The summed E-state index contributed by atoms with van der Waals surface area (Å²) >= 11 is 0. The summed E-state index contributed by atoms with van der Waals surface area (Å²) in [5, 5.41) is 14.1. The zero-order valence-corrected chi connectivity index (χ0v) is 17.7. The molecule has 9 nitrogen and oxygen atoms in total. The van der Waals surface area contributed by atoms with Crippen LogP contribution in [0.15, 0.2) is 78.6 Å². The number of nitro groups is 1. The zero-order chi connectivity index (χ0) is 23.4. The van der Waals surface area contributed by atoms with Crippen molar-refractivity contribution in [2.45, 2.75) is 13.5 Å². The SMILES string of the molecule is CCOc1ccccc1NC1=C(c2ccc([N+](=O)[O-])cc2)C(=O)N(Cc2ccccn2)C1=O. The van der Waals surface area contributed by atoms with Gasteiger partial charge >= 0.3 is 0 Å². The van der Waals surface area contributed by atoms with Gasteiger partial charge in [0.05, 0.1) is 35.0 Å². The molecule has 166 valence electrons. The van der Waals surface area contributed by atoms with Crippen LogP contribution in [-0.4, -0.2) is 33.2 Å². The number of nitro benzene ring substituents is 1. The summed E-state index contributed by atoms with van der Waals surface area (Å²) in [7, 11) is 0. The second kappa shape index (κ2) is 9.31. The first-order chi connectivity index (χ1) is 16.0. The molecule has 0 saturated carbocycles. The van der Waals surface area contributed by atoms with Gasteiger partial charge in [-0.1, -0.05) is 18.2 Å². The number of hydrogen-bond donors (Lipinski definition) is 1. The third-order valence-corrected chi connectivity index (χ3v) is 5.03. The number of para-hydroxylation sites is 2. The van der Waals surface area contributed by atoms with Crippen LogP contribution in [0.4, 0.5) is 11.4 Å². The molecular formula is C24H20N4O5. The molecule has 9 heteroatoms. The van der Waals surface area contributed by atoms with Gasteiger partial charge in [-0.05, 0) is 48.9 Å². The molecule has 0 saturated heterocycles. The van der Waals surface area contributed by atoms with Crippen LogP contribution < -0.4 is 10.1 Å². The number of benzene rings is 2. The van der Waals surface area contributed by atoms with Gasteiger partial charge in [-0.2, -0.15) is 0 Å². The highest BCUT2D eigenvalue weighted by molar-refractivity contribution is 6.36. The van der Waals surface area contributed by atoms with Crippen molar-refractivity contribution in [2.75, 3.05) is 11.9 Å². The lowest BCUT2D eigenvalue weighted by Gasteiger charge is -2.15. The van der Waals surface area contributed by atoms with Gasteiger partial charge in [0.1, 0.15) is 11.4 Å². The minimum atomic E-state index is -0.523. The van der Waals surface area contributed by atoms with E-state index in [2.05, 4.69) is 10.3 Å². The Hall–Kier alpha value is -4.53. The first-order valence-electron chi connectivity index (χ1n) is 10.2. The predicted octanol–water partition coefficient (Wildman–Crippen LogP) is 3.78. The molecule has 0 fully saturated rings. The lowest BCUT2D eigenvalue weighted by atomic mass is 10.0. The second-order valence-electron chi connectivity index (χ2n) is 7.13. The minimum absolute atomic E-state index is 0.00667. The molecule has 1 aliphatic rings. The lowest BCUT2D eigenvalue weighted by Crippen LogP contribution is -2.32. The number of imide groups is 1. The average Bonchev–Trinajstić information content (AvgIpc) is 3.05. The van der Waals surface area contributed by atoms with Gasteiger partial charge in [-0.3, -0.25) is 29.6 Å². The smallest absolute Gasteiger partial charge is 0.278 e. The van der Waals surface area contributed by atoms with Crippen molar-refractivity contribution < 1.29 is 19.2 Å². The molecule has 33 heavy (non-hydrogen) atoms. The van der Waals surface area contributed by atoms with E-state index in [-0.39, 0.29) is 23.5 Å². The number of amides is 2. The van der Waals surface area contributed by atoms with Gasteiger partial charge in [0.15, 0.2) is 0 Å². The van der Waals surface area contributed by atoms with E-state index in [0.717, 1.165) is 4.90 Å². The normalized spacial score (nSPS) is 13.4. The molecule has 0 radical (unpaired) electrons. The van der Waals surface area contributed by atoms with Gasteiger partial charge in [0.2, 0.25) is 0 Å². The van der Waals surface area contributed by atoms with Crippen molar-refractivity contribution >= 4 is 28.8 Å². The van der Waals surface area contributed by atoms with E-state index < -0.39 is 16.7 Å². The average molecular weight is 444 g/mol. The minimum Gasteiger partial charge on any atom is -0.492 e. The number of hydrogen-bond acceptors (Lipinski definition) is 7. The Morgan fingerprint density at radius 2 is 1.73 bits per heavy atom. The fourth-order valence-electron chi connectivity index (χ4n) is 3.49. The largest absolute Gasteiger partial charge is 0.492 e. The number of ether oxygens (including phenoxy) is 1. The van der Waals surface area contributed by atoms with Crippen LogP contribution in [0, 0.1) is 10.1 Å². The number of rotatable bonds is 8. The van der Waals surface area contributed by atoms with Crippen molar-refractivity contribution in [3.05, 3.63) is 100.0 Å². The van der Waals surface area contributed by atoms with Gasteiger partial charge in [-0.15, -0.1) is 0 Å². The maximum Gasteiger partial charge on any atom is 0.278 e. The molecule has 1 aromatic heterocycles.